The lowest BCUT2D eigenvalue weighted by molar-refractivity contribution is -0.143. The zero-order chi connectivity index (χ0) is 21.0. The molecular weight excluding hydrogens is 376 g/mol. The Morgan fingerprint density at radius 2 is 1.63 bits per heavy atom. The van der Waals surface area contributed by atoms with Crippen molar-refractivity contribution < 1.29 is 14.3 Å². The molecule has 158 valence electrons. The molecular formula is C25H30N2O3. The van der Waals surface area contributed by atoms with Crippen molar-refractivity contribution in [3.05, 3.63) is 65.7 Å². The standard InChI is InChI=1S/C25H30N2O3/c1-30-22-11-9-21(10-12-22)19-27-23(28)18-25(24(27)29)13-16-26(17-14-25)15-5-8-20-6-3-2-4-7-20/h2-4,6-7,9-12H,5,8,13-19H2,1H3. The first-order chi connectivity index (χ1) is 14.6. The quantitative estimate of drug-likeness (QED) is 0.659. The van der Waals surface area contributed by atoms with E-state index in [9.17, 15) is 9.59 Å². The van der Waals surface area contributed by atoms with E-state index >= 15 is 0 Å². The molecule has 0 aliphatic carbocycles. The summed E-state index contributed by atoms with van der Waals surface area (Å²) >= 11 is 0. The molecule has 2 saturated heterocycles. The highest BCUT2D eigenvalue weighted by Gasteiger charge is 2.52. The number of carbonyl (C=O) groups excluding carboxylic acids is 2. The van der Waals surface area contributed by atoms with Crippen LogP contribution in [0.15, 0.2) is 54.6 Å². The molecule has 2 aromatic carbocycles. The van der Waals surface area contributed by atoms with Gasteiger partial charge in [0.2, 0.25) is 11.8 Å². The number of benzene rings is 2. The summed E-state index contributed by atoms with van der Waals surface area (Å²) in [6.45, 7) is 3.18. The molecule has 0 saturated carbocycles. The van der Waals surface area contributed by atoms with Gasteiger partial charge in [0.05, 0.1) is 19.1 Å². The van der Waals surface area contributed by atoms with Crippen molar-refractivity contribution in [3.8, 4) is 5.75 Å². The monoisotopic (exact) mass is 406 g/mol. The third kappa shape index (κ3) is 4.41. The highest BCUT2D eigenvalue weighted by Crippen LogP contribution is 2.42. The maximum absolute atomic E-state index is 13.2. The average Bonchev–Trinajstić information content (AvgIpc) is 3.00. The normalized spacial score (nSPS) is 18.9. The van der Waals surface area contributed by atoms with E-state index < -0.39 is 5.41 Å². The highest BCUT2D eigenvalue weighted by molar-refractivity contribution is 6.05. The van der Waals surface area contributed by atoms with Gasteiger partial charge in [-0.1, -0.05) is 42.5 Å². The summed E-state index contributed by atoms with van der Waals surface area (Å²) in [5.74, 6) is 0.759. The number of hydrogen-bond donors (Lipinski definition) is 0. The molecule has 2 aliphatic heterocycles. The van der Waals surface area contributed by atoms with Gasteiger partial charge in [0.1, 0.15) is 5.75 Å². The first-order valence-electron chi connectivity index (χ1n) is 10.8. The van der Waals surface area contributed by atoms with Crippen LogP contribution < -0.4 is 4.74 Å². The molecule has 2 amide bonds. The minimum Gasteiger partial charge on any atom is -0.497 e. The smallest absolute Gasteiger partial charge is 0.236 e. The molecule has 2 aliphatic rings. The summed E-state index contributed by atoms with van der Waals surface area (Å²) in [7, 11) is 1.63. The second kappa shape index (κ2) is 9.00. The van der Waals surface area contributed by atoms with Gasteiger partial charge >= 0.3 is 0 Å². The van der Waals surface area contributed by atoms with E-state index in [1.54, 1.807) is 7.11 Å². The van der Waals surface area contributed by atoms with Crippen molar-refractivity contribution in [2.75, 3.05) is 26.7 Å². The predicted octanol–water partition coefficient (Wildman–Crippen LogP) is 3.67. The molecule has 2 aromatic rings. The molecule has 4 rings (SSSR count). The van der Waals surface area contributed by atoms with Gasteiger partial charge in [-0.2, -0.15) is 0 Å². The number of rotatable bonds is 7. The largest absolute Gasteiger partial charge is 0.497 e. The van der Waals surface area contributed by atoms with Gasteiger partial charge in [0, 0.05) is 6.42 Å². The molecule has 0 unspecified atom stereocenters. The van der Waals surface area contributed by atoms with Crippen LogP contribution >= 0.6 is 0 Å². The number of aryl methyl sites for hydroxylation is 1. The van der Waals surface area contributed by atoms with Gasteiger partial charge in [-0.3, -0.25) is 14.5 Å². The molecule has 0 radical (unpaired) electrons. The van der Waals surface area contributed by atoms with Crippen LogP contribution in [0.2, 0.25) is 0 Å². The first-order valence-corrected chi connectivity index (χ1v) is 10.8. The second-order valence-electron chi connectivity index (χ2n) is 8.52. The topological polar surface area (TPSA) is 49.9 Å². The summed E-state index contributed by atoms with van der Waals surface area (Å²) < 4.78 is 5.18. The second-order valence-corrected chi connectivity index (χ2v) is 8.52. The molecule has 0 atom stereocenters. The van der Waals surface area contributed by atoms with E-state index in [0.717, 1.165) is 56.6 Å². The van der Waals surface area contributed by atoms with Crippen molar-refractivity contribution in [2.24, 2.45) is 5.41 Å². The van der Waals surface area contributed by atoms with Crippen LogP contribution in [-0.2, 0) is 22.6 Å². The van der Waals surface area contributed by atoms with Crippen molar-refractivity contribution in [1.82, 2.24) is 9.80 Å². The third-order valence-corrected chi connectivity index (χ3v) is 6.59. The van der Waals surface area contributed by atoms with Crippen molar-refractivity contribution in [2.45, 2.75) is 38.6 Å². The van der Waals surface area contributed by atoms with E-state index in [1.165, 1.54) is 10.5 Å². The Kier molecular flexibility index (Phi) is 6.18. The molecule has 2 fully saturated rings. The van der Waals surface area contributed by atoms with Crippen LogP contribution in [0.4, 0.5) is 0 Å². The van der Waals surface area contributed by atoms with E-state index in [2.05, 4.69) is 29.2 Å². The fraction of sp³-hybridized carbons (Fsp3) is 0.440. The zero-order valence-corrected chi connectivity index (χ0v) is 17.7. The maximum atomic E-state index is 13.2. The van der Waals surface area contributed by atoms with Crippen molar-refractivity contribution in [1.29, 1.82) is 0 Å². The van der Waals surface area contributed by atoms with Crippen LogP contribution in [0.25, 0.3) is 0 Å². The predicted molar refractivity (Wildman–Crippen MR) is 116 cm³/mol. The molecule has 5 nitrogen and oxygen atoms in total. The van der Waals surface area contributed by atoms with Gasteiger partial charge in [0.15, 0.2) is 0 Å². The Labute approximate surface area is 178 Å². The fourth-order valence-corrected chi connectivity index (χ4v) is 4.68. The SMILES string of the molecule is COc1ccc(CN2C(=O)CC3(CCN(CCCc4ccccc4)CC3)C2=O)cc1. The lowest BCUT2D eigenvalue weighted by Crippen LogP contribution is -2.44. The molecule has 0 N–H and O–H groups in total. The summed E-state index contributed by atoms with van der Waals surface area (Å²) in [5.41, 5.74) is 1.84. The zero-order valence-electron chi connectivity index (χ0n) is 17.7. The number of carbonyl (C=O) groups is 2. The summed E-state index contributed by atoms with van der Waals surface area (Å²) in [6, 6.07) is 18.1. The number of piperidine rings is 1. The number of hydrogen-bond acceptors (Lipinski definition) is 4. The maximum Gasteiger partial charge on any atom is 0.236 e. The van der Waals surface area contributed by atoms with E-state index in [4.69, 9.17) is 4.74 Å². The van der Waals surface area contributed by atoms with Gasteiger partial charge in [-0.25, -0.2) is 0 Å². The van der Waals surface area contributed by atoms with Gasteiger partial charge in [-0.05, 0) is 68.6 Å². The van der Waals surface area contributed by atoms with Crippen LogP contribution in [-0.4, -0.2) is 48.4 Å². The van der Waals surface area contributed by atoms with E-state index in [-0.39, 0.29) is 11.8 Å². The Bertz CT molecular complexity index is 871. The van der Waals surface area contributed by atoms with Gasteiger partial charge < -0.3 is 9.64 Å². The van der Waals surface area contributed by atoms with Crippen molar-refractivity contribution >= 4 is 11.8 Å². The lowest BCUT2D eigenvalue weighted by Gasteiger charge is -2.37. The lowest BCUT2D eigenvalue weighted by atomic mass is 9.77. The molecule has 2 heterocycles. The van der Waals surface area contributed by atoms with E-state index in [1.807, 2.05) is 30.3 Å². The summed E-state index contributed by atoms with van der Waals surface area (Å²) in [6.07, 6.45) is 4.12. The number of imide groups is 1. The Morgan fingerprint density at radius 1 is 0.933 bits per heavy atom. The Morgan fingerprint density at radius 3 is 2.30 bits per heavy atom. The molecule has 30 heavy (non-hydrogen) atoms. The molecule has 1 spiro atoms. The first kappa shape index (κ1) is 20.6. The Hall–Kier alpha value is -2.66. The fourth-order valence-electron chi connectivity index (χ4n) is 4.68. The van der Waals surface area contributed by atoms with Gasteiger partial charge in [-0.15, -0.1) is 0 Å². The summed E-state index contributed by atoms with van der Waals surface area (Å²) in [5, 5.41) is 0. The minimum atomic E-state index is -0.487. The van der Waals surface area contributed by atoms with Crippen molar-refractivity contribution in [3.63, 3.8) is 0 Å². The minimum absolute atomic E-state index is 0.0206. The number of likely N-dealkylation sites (tertiary alicyclic amines) is 2. The third-order valence-electron chi connectivity index (χ3n) is 6.59. The van der Waals surface area contributed by atoms with Gasteiger partial charge in [0.25, 0.3) is 0 Å². The van der Waals surface area contributed by atoms with Crippen LogP contribution in [0.5, 0.6) is 5.75 Å². The summed E-state index contributed by atoms with van der Waals surface area (Å²) in [4.78, 5) is 29.8. The molecule has 5 heteroatoms. The average molecular weight is 407 g/mol. The number of methoxy groups -OCH3 is 1. The van der Waals surface area contributed by atoms with Crippen LogP contribution in [0.3, 0.4) is 0 Å². The van der Waals surface area contributed by atoms with E-state index in [0.29, 0.717) is 13.0 Å². The molecule has 0 aromatic heterocycles. The molecule has 0 bridgehead atoms. The number of amides is 2. The Balaban J connectivity index is 1.30. The number of nitrogens with zero attached hydrogens (tertiary/aromatic N) is 2. The highest BCUT2D eigenvalue weighted by atomic mass is 16.5. The number of ether oxygens (including phenoxy) is 1. The van der Waals surface area contributed by atoms with Crippen LogP contribution in [0.1, 0.15) is 36.8 Å². The van der Waals surface area contributed by atoms with Crippen LogP contribution in [0, 0.1) is 5.41 Å².